The minimum Gasteiger partial charge on any atom is -0.315 e. The average Bonchev–Trinajstić information content (AvgIpc) is 2.96. The fraction of sp³-hybridized carbons (Fsp3) is 0.667. The molecule has 4 nitrogen and oxygen atoms in total. The van der Waals surface area contributed by atoms with Crippen molar-refractivity contribution in [2.24, 2.45) is 5.92 Å². The molecule has 1 aromatic rings. The highest BCUT2D eigenvalue weighted by atomic mass is 32.2. The summed E-state index contributed by atoms with van der Waals surface area (Å²) in [5.74, 6) is 0.495. The first-order valence-corrected chi connectivity index (χ1v) is 8.64. The van der Waals surface area contributed by atoms with Crippen LogP contribution in [-0.4, -0.2) is 38.4 Å². The standard InChI is InChI=1S/C12H18N2O2S2/c1-9-4-5-12(17-9)18(15,16)14-6-2-3-10-7-13-8-11(10)14/h4-5,10-11,13H,2-3,6-8H2,1H3. The lowest BCUT2D eigenvalue weighted by Crippen LogP contribution is -2.47. The van der Waals surface area contributed by atoms with E-state index in [0.717, 1.165) is 30.8 Å². The van der Waals surface area contributed by atoms with Gasteiger partial charge in [0.2, 0.25) is 0 Å². The Bertz CT molecular complexity index is 538. The SMILES string of the molecule is Cc1ccc(S(=O)(=O)N2CCCC3CNCC32)s1. The molecular formula is C12H18N2O2S2. The Morgan fingerprint density at radius 2 is 2.22 bits per heavy atom. The van der Waals surface area contributed by atoms with Gasteiger partial charge in [-0.3, -0.25) is 0 Å². The van der Waals surface area contributed by atoms with Crippen LogP contribution in [0.5, 0.6) is 0 Å². The first kappa shape index (κ1) is 12.6. The molecule has 0 bridgehead atoms. The number of aryl methyl sites for hydroxylation is 1. The van der Waals surface area contributed by atoms with Gasteiger partial charge in [-0.25, -0.2) is 8.42 Å². The molecule has 2 fully saturated rings. The van der Waals surface area contributed by atoms with Gasteiger partial charge in [0.25, 0.3) is 10.0 Å². The van der Waals surface area contributed by atoms with Crippen molar-refractivity contribution in [1.82, 2.24) is 9.62 Å². The lowest BCUT2D eigenvalue weighted by molar-refractivity contribution is 0.218. The van der Waals surface area contributed by atoms with Crippen LogP contribution in [0.25, 0.3) is 0 Å². The second-order valence-corrected chi connectivity index (χ2v) is 8.51. The number of hydrogen-bond acceptors (Lipinski definition) is 4. The van der Waals surface area contributed by atoms with E-state index in [4.69, 9.17) is 0 Å². The summed E-state index contributed by atoms with van der Waals surface area (Å²) in [6.07, 6.45) is 2.12. The molecule has 6 heteroatoms. The quantitative estimate of drug-likeness (QED) is 0.895. The monoisotopic (exact) mass is 286 g/mol. The largest absolute Gasteiger partial charge is 0.315 e. The minimum absolute atomic E-state index is 0.158. The number of sulfonamides is 1. The van der Waals surface area contributed by atoms with Gasteiger partial charge in [0.15, 0.2) is 0 Å². The van der Waals surface area contributed by atoms with Gasteiger partial charge in [-0.2, -0.15) is 4.31 Å². The number of nitrogens with one attached hydrogen (secondary N) is 1. The van der Waals surface area contributed by atoms with E-state index in [9.17, 15) is 8.42 Å². The lowest BCUT2D eigenvalue weighted by Gasteiger charge is -2.35. The van der Waals surface area contributed by atoms with Crippen molar-refractivity contribution in [3.63, 3.8) is 0 Å². The van der Waals surface area contributed by atoms with E-state index in [1.54, 1.807) is 10.4 Å². The maximum absolute atomic E-state index is 12.7. The first-order chi connectivity index (χ1) is 8.59. The third-order valence-electron chi connectivity index (χ3n) is 3.91. The minimum atomic E-state index is -3.28. The Kier molecular flexibility index (Phi) is 3.21. The van der Waals surface area contributed by atoms with E-state index in [2.05, 4.69) is 5.32 Å². The molecule has 100 valence electrons. The zero-order valence-corrected chi connectivity index (χ0v) is 12.1. The van der Waals surface area contributed by atoms with Gasteiger partial charge in [0.1, 0.15) is 4.21 Å². The van der Waals surface area contributed by atoms with Crippen molar-refractivity contribution in [3.05, 3.63) is 17.0 Å². The molecule has 3 rings (SSSR count). The van der Waals surface area contributed by atoms with Crippen molar-refractivity contribution < 1.29 is 8.42 Å². The normalized spacial score (nSPS) is 29.4. The highest BCUT2D eigenvalue weighted by molar-refractivity contribution is 7.91. The fourth-order valence-corrected chi connectivity index (χ4v) is 6.13. The van der Waals surface area contributed by atoms with Gasteiger partial charge in [-0.15, -0.1) is 11.3 Å². The number of hydrogen-bond donors (Lipinski definition) is 1. The van der Waals surface area contributed by atoms with Crippen molar-refractivity contribution in [2.45, 2.75) is 30.0 Å². The van der Waals surface area contributed by atoms with Gasteiger partial charge < -0.3 is 5.32 Å². The molecule has 0 aliphatic carbocycles. The fourth-order valence-electron chi connectivity index (χ4n) is 2.99. The molecule has 0 spiro atoms. The van der Waals surface area contributed by atoms with E-state index in [1.807, 2.05) is 13.0 Å². The zero-order chi connectivity index (χ0) is 12.8. The Labute approximate surface area is 112 Å². The summed E-state index contributed by atoms with van der Waals surface area (Å²) in [5, 5.41) is 3.32. The molecule has 0 radical (unpaired) electrons. The van der Waals surface area contributed by atoms with Crippen LogP contribution >= 0.6 is 11.3 Å². The second-order valence-electron chi connectivity index (χ2n) is 5.11. The van der Waals surface area contributed by atoms with Crippen LogP contribution in [0.4, 0.5) is 0 Å². The molecule has 2 saturated heterocycles. The first-order valence-electron chi connectivity index (χ1n) is 6.38. The highest BCUT2D eigenvalue weighted by Gasteiger charge is 2.41. The van der Waals surface area contributed by atoms with Gasteiger partial charge in [-0.1, -0.05) is 0 Å². The maximum atomic E-state index is 12.7. The molecule has 2 aliphatic heterocycles. The van der Waals surface area contributed by atoms with Crippen LogP contribution in [0.3, 0.4) is 0 Å². The Morgan fingerprint density at radius 3 is 2.94 bits per heavy atom. The van der Waals surface area contributed by atoms with Crippen molar-refractivity contribution in [1.29, 1.82) is 0 Å². The molecule has 2 unspecified atom stereocenters. The summed E-state index contributed by atoms with van der Waals surface area (Å²) in [4.78, 5) is 1.05. The van der Waals surface area contributed by atoms with Crippen LogP contribution in [0.2, 0.25) is 0 Å². The number of piperidine rings is 1. The molecule has 1 N–H and O–H groups in total. The molecule has 1 aromatic heterocycles. The number of fused-ring (bicyclic) bond motifs is 1. The van der Waals surface area contributed by atoms with Crippen molar-refractivity contribution in [2.75, 3.05) is 19.6 Å². The number of nitrogens with zero attached hydrogens (tertiary/aromatic N) is 1. The van der Waals surface area contributed by atoms with E-state index in [0.29, 0.717) is 16.7 Å². The Balaban J connectivity index is 1.93. The van der Waals surface area contributed by atoms with Crippen molar-refractivity contribution >= 4 is 21.4 Å². The molecular weight excluding hydrogens is 268 g/mol. The van der Waals surface area contributed by atoms with E-state index in [1.165, 1.54) is 11.3 Å². The van der Waals surface area contributed by atoms with Crippen LogP contribution in [0, 0.1) is 12.8 Å². The summed E-state index contributed by atoms with van der Waals surface area (Å²) >= 11 is 1.37. The molecule has 0 amide bonds. The van der Waals surface area contributed by atoms with E-state index < -0.39 is 10.0 Å². The molecule has 2 atom stereocenters. The Morgan fingerprint density at radius 1 is 1.39 bits per heavy atom. The van der Waals surface area contributed by atoms with E-state index in [-0.39, 0.29) is 6.04 Å². The molecule has 2 aliphatic rings. The van der Waals surface area contributed by atoms with Crippen LogP contribution in [0.1, 0.15) is 17.7 Å². The smallest absolute Gasteiger partial charge is 0.252 e. The number of rotatable bonds is 2. The summed E-state index contributed by atoms with van der Waals surface area (Å²) < 4.78 is 27.5. The van der Waals surface area contributed by atoms with Gasteiger partial charge in [0.05, 0.1) is 0 Å². The molecule has 0 saturated carbocycles. The zero-order valence-electron chi connectivity index (χ0n) is 10.4. The van der Waals surface area contributed by atoms with Gasteiger partial charge in [0, 0.05) is 24.0 Å². The van der Waals surface area contributed by atoms with Gasteiger partial charge >= 0.3 is 0 Å². The topological polar surface area (TPSA) is 49.4 Å². The maximum Gasteiger partial charge on any atom is 0.252 e. The van der Waals surface area contributed by atoms with Crippen molar-refractivity contribution in [3.8, 4) is 0 Å². The van der Waals surface area contributed by atoms with Crippen LogP contribution in [-0.2, 0) is 10.0 Å². The summed E-state index contributed by atoms with van der Waals surface area (Å²) in [5.41, 5.74) is 0. The predicted octanol–water partition coefficient (Wildman–Crippen LogP) is 1.43. The Hall–Kier alpha value is -0.430. The lowest BCUT2D eigenvalue weighted by atomic mass is 9.94. The highest BCUT2D eigenvalue weighted by Crippen LogP contribution is 2.33. The summed E-state index contributed by atoms with van der Waals surface area (Å²) in [6, 6.07) is 3.78. The van der Waals surface area contributed by atoms with Crippen LogP contribution in [0.15, 0.2) is 16.3 Å². The molecule has 0 aromatic carbocycles. The third kappa shape index (κ3) is 2.01. The van der Waals surface area contributed by atoms with Gasteiger partial charge in [-0.05, 0) is 44.4 Å². The third-order valence-corrected chi connectivity index (χ3v) is 7.30. The predicted molar refractivity (Wildman–Crippen MR) is 72.3 cm³/mol. The average molecular weight is 286 g/mol. The summed E-state index contributed by atoms with van der Waals surface area (Å²) in [6.45, 7) is 4.37. The second kappa shape index (κ2) is 4.59. The van der Waals surface area contributed by atoms with Crippen LogP contribution < -0.4 is 5.32 Å². The summed E-state index contributed by atoms with van der Waals surface area (Å²) in [7, 11) is -3.28. The van der Waals surface area contributed by atoms with E-state index >= 15 is 0 Å². The molecule has 3 heterocycles. The molecule has 18 heavy (non-hydrogen) atoms. The number of thiophene rings is 1.